The number of ketones is 1. The van der Waals surface area contributed by atoms with Gasteiger partial charge in [0.15, 0.2) is 0 Å². The van der Waals surface area contributed by atoms with E-state index < -0.39 is 17.7 Å². The van der Waals surface area contributed by atoms with E-state index in [9.17, 15) is 14.7 Å². The topological polar surface area (TPSA) is 79.7 Å². The number of Topliss-reactive ketones (excluding diaryl/α,β-unsaturated/α-hetero) is 1. The van der Waals surface area contributed by atoms with Crippen LogP contribution in [0.2, 0.25) is 0 Å². The Kier molecular flexibility index (Phi) is 5.14. The Morgan fingerprint density at radius 3 is 2.58 bits per heavy atom. The number of hydrogen-bond acceptors (Lipinski definition) is 5. The lowest BCUT2D eigenvalue weighted by Crippen LogP contribution is -2.32. The second-order valence-electron chi connectivity index (χ2n) is 6.14. The number of methoxy groups -OCH3 is 1. The molecule has 1 amide bonds. The molecule has 134 valence electrons. The third-order valence-electron chi connectivity index (χ3n) is 4.40. The summed E-state index contributed by atoms with van der Waals surface area (Å²) in [5, 5.41) is 10.8. The van der Waals surface area contributed by atoms with Gasteiger partial charge in [0, 0.05) is 31.6 Å². The Morgan fingerprint density at radius 2 is 1.96 bits per heavy atom. The monoisotopic (exact) mass is 352 g/mol. The first-order chi connectivity index (χ1) is 12.5. The molecule has 2 aromatic rings. The molecule has 0 spiro atoms. The molecule has 26 heavy (non-hydrogen) atoms. The Hall–Kier alpha value is -2.99. The van der Waals surface area contributed by atoms with E-state index in [1.54, 1.807) is 36.7 Å². The van der Waals surface area contributed by atoms with Crippen molar-refractivity contribution >= 4 is 17.4 Å². The van der Waals surface area contributed by atoms with Crippen molar-refractivity contribution in [2.75, 3.05) is 20.3 Å². The smallest absolute Gasteiger partial charge is 0.295 e. The van der Waals surface area contributed by atoms with Crippen LogP contribution in [-0.2, 0) is 14.3 Å². The van der Waals surface area contributed by atoms with Crippen LogP contribution in [0.15, 0.2) is 54.4 Å². The minimum atomic E-state index is -0.701. The minimum Gasteiger partial charge on any atom is -0.507 e. The molecule has 1 aliphatic rings. The van der Waals surface area contributed by atoms with Gasteiger partial charge in [-0.2, -0.15) is 0 Å². The number of likely N-dealkylation sites (tertiary alicyclic amines) is 1. The van der Waals surface area contributed by atoms with Gasteiger partial charge in [0.25, 0.3) is 11.7 Å². The van der Waals surface area contributed by atoms with Crippen molar-refractivity contribution in [3.8, 4) is 0 Å². The van der Waals surface area contributed by atoms with Crippen LogP contribution in [0.4, 0.5) is 0 Å². The number of hydrogen-bond donors (Lipinski definition) is 1. The summed E-state index contributed by atoms with van der Waals surface area (Å²) in [4.78, 5) is 30.7. The molecule has 1 saturated heterocycles. The van der Waals surface area contributed by atoms with Crippen LogP contribution in [0.5, 0.6) is 0 Å². The highest BCUT2D eigenvalue weighted by Gasteiger charge is 2.45. The molecule has 3 rings (SSSR count). The number of pyridine rings is 1. The van der Waals surface area contributed by atoms with Crippen LogP contribution >= 0.6 is 0 Å². The number of aromatic nitrogens is 1. The number of nitrogens with zero attached hydrogens (tertiary/aromatic N) is 2. The number of aliphatic hydroxyl groups is 1. The van der Waals surface area contributed by atoms with E-state index >= 15 is 0 Å². The van der Waals surface area contributed by atoms with Crippen molar-refractivity contribution < 1.29 is 19.4 Å². The Morgan fingerprint density at radius 1 is 1.23 bits per heavy atom. The number of carbonyl (C=O) groups excluding carboxylic acids is 2. The fourth-order valence-corrected chi connectivity index (χ4v) is 3.05. The van der Waals surface area contributed by atoms with E-state index in [2.05, 4.69) is 4.98 Å². The largest absolute Gasteiger partial charge is 0.507 e. The summed E-state index contributed by atoms with van der Waals surface area (Å²) in [6, 6.07) is 9.97. The third-order valence-corrected chi connectivity index (χ3v) is 4.40. The van der Waals surface area contributed by atoms with Gasteiger partial charge < -0.3 is 14.7 Å². The first kappa shape index (κ1) is 17.8. The van der Waals surface area contributed by atoms with Crippen LogP contribution in [0.3, 0.4) is 0 Å². The average Bonchev–Trinajstić information content (AvgIpc) is 2.91. The zero-order valence-electron chi connectivity index (χ0n) is 14.7. The van der Waals surface area contributed by atoms with Gasteiger partial charge in [0.05, 0.1) is 18.2 Å². The molecular formula is C20H20N2O4. The second-order valence-corrected chi connectivity index (χ2v) is 6.14. The van der Waals surface area contributed by atoms with E-state index in [0.717, 1.165) is 5.56 Å². The summed E-state index contributed by atoms with van der Waals surface area (Å²) in [5.74, 6) is -1.53. The molecule has 1 N–H and O–H groups in total. The van der Waals surface area contributed by atoms with Gasteiger partial charge in [0.2, 0.25) is 0 Å². The fraction of sp³-hybridized carbons (Fsp3) is 0.250. The molecule has 1 atom stereocenters. The maximum Gasteiger partial charge on any atom is 0.295 e. The lowest BCUT2D eigenvalue weighted by molar-refractivity contribution is -0.140. The van der Waals surface area contributed by atoms with Gasteiger partial charge in [-0.1, -0.05) is 35.9 Å². The average molecular weight is 352 g/mol. The molecule has 1 aliphatic heterocycles. The summed E-state index contributed by atoms with van der Waals surface area (Å²) in [5.41, 5.74) is 2.26. The quantitative estimate of drug-likeness (QED) is 0.508. The van der Waals surface area contributed by atoms with Gasteiger partial charge in [-0.15, -0.1) is 0 Å². The number of benzene rings is 1. The maximum atomic E-state index is 12.7. The Bertz CT molecular complexity index is 844. The van der Waals surface area contributed by atoms with Crippen molar-refractivity contribution in [2.45, 2.75) is 13.0 Å². The predicted molar refractivity (Wildman–Crippen MR) is 96.3 cm³/mol. The van der Waals surface area contributed by atoms with Gasteiger partial charge in [0.1, 0.15) is 5.76 Å². The van der Waals surface area contributed by atoms with E-state index in [1.807, 2.05) is 19.1 Å². The van der Waals surface area contributed by atoms with Crippen LogP contribution in [0.1, 0.15) is 22.7 Å². The van der Waals surface area contributed by atoms with Crippen molar-refractivity contribution in [1.29, 1.82) is 0 Å². The lowest BCUT2D eigenvalue weighted by Gasteiger charge is -2.24. The van der Waals surface area contributed by atoms with Gasteiger partial charge in [-0.25, -0.2) is 0 Å². The van der Waals surface area contributed by atoms with Crippen LogP contribution in [-0.4, -0.2) is 46.9 Å². The molecular weight excluding hydrogens is 332 g/mol. The molecule has 0 bridgehead atoms. The van der Waals surface area contributed by atoms with Crippen molar-refractivity contribution in [3.05, 3.63) is 71.1 Å². The lowest BCUT2D eigenvalue weighted by atomic mass is 9.96. The first-order valence-corrected chi connectivity index (χ1v) is 8.29. The van der Waals surface area contributed by atoms with Gasteiger partial charge in [-0.05, 0) is 18.6 Å². The third kappa shape index (κ3) is 3.23. The highest BCUT2D eigenvalue weighted by atomic mass is 16.5. The highest BCUT2D eigenvalue weighted by Crippen LogP contribution is 2.38. The van der Waals surface area contributed by atoms with Crippen LogP contribution < -0.4 is 0 Å². The van der Waals surface area contributed by atoms with Crippen LogP contribution in [0, 0.1) is 6.92 Å². The number of carbonyl (C=O) groups is 2. The Labute approximate surface area is 151 Å². The van der Waals surface area contributed by atoms with Gasteiger partial charge >= 0.3 is 0 Å². The summed E-state index contributed by atoms with van der Waals surface area (Å²) in [7, 11) is 1.53. The molecule has 0 aliphatic carbocycles. The zero-order valence-corrected chi connectivity index (χ0v) is 14.7. The molecule has 1 aromatic heterocycles. The number of rotatable bonds is 5. The minimum absolute atomic E-state index is 0.0722. The van der Waals surface area contributed by atoms with Gasteiger partial charge in [-0.3, -0.25) is 14.6 Å². The molecule has 1 fully saturated rings. The van der Waals surface area contributed by atoms with E-state index in [-0.39, 0.29) is 24.5 Å². The van der Waals surface area contributed by atoms with Crippen molar-refractivity contribution in [1.82, 2.24) is 9.88 Å². The molecule has 0 saturated carbocycles. The number of aryl methyl sites for hydroxylation is 1. The number of aliphatic hydroxyl groups excluding tert-OH is 1. The summed E-state index contributed by atoms with van der Waals surface area (Å²) >= 11 is 0. The highest BCUT2D eigenvalue weighted by molar-refractivity contribution is 6.46. The normalized spacial score (nSPS) is 19.2. The summed E-state index contributed by atoms with van der Waals surface area (Å²) < 4.78 is 5.07. The van der Waals surface area contributed by atoms with E-state index in [1.165, 1.54) is 12.0 Å². The molecule has 1 aromatic carbocycles. The fourth-order valence-electron chi connectivity index (χ4n) is 3.05. The standard InChI is InChI=1S/C20H20N2O4/c1-13-5-7-14(8-6-13)18(23)16-17(15-4-3-9-21-12-15)22(10-11-26-2)20(25)19(16)24/h3-9,12,17,23H,10-11H2,1-2H3/b18-16-. The second kappa shape index (κ2) is 7.49. The zero-order chi connectivity index (χ0) is 18.7. The molecule has 2 heterocycles. The molecule has 1 unspecified atom stereocenters. The molecule has 6 nitrogen and oxygen atoms in total. The SMILES string of the molecule is COCCN1C(=O)C(=O)/C(=C(\O)c2ccc(C)cc2)C1c1cccnc1. The van der Waals surface area contributed by atoms with E-state index in [0.29, 0.717) is 11.1 Å². The summed E-state index contributed by atoms with van der Waals surface area (Å²) in [6.07, 6.45) is 3.21. The molecule has 6 heteroatoms. The first-order valence-electron chi connectivity index (χ1n) is 8.29. The van der Waals surface area contributed by atoms with Crippen LogP contribution in [0.25, 0.3) is 5.76 Å². The van der Waals surface area contributed by atoms with Crippen molar-refractivity contribution in [3.63, 3.8) is 0 Å². The molecule has 0 radical (unpaired) electrons. The number of ether oxygens (including phenoxy) is 1. The maximum absolute atomic E-state index is 12.7. The summed E-state index contributed by atoms with van der Waals surface area (Å²) in [6.45, 7) is 2.46. The number of amides is 1. The van der Waals surface area contributed by atoms with E-state index in [4.69, 9.17) is 4.74 Å². The Balaban J connectivity index is 2.14. The van der Waals surface area contributed by atoms with Crippen molar-refractivity contribution in [2.24, 2.45) is 0 Å². The predicted octanol–water partition coefficient (Wildman–Crippen LogP) is 2.46.